The lowest BCUT2D eigenvalue weighted by atomic mass is 9.66. The van der Waals surface area contributed by atoms with E-state index >= 15 is 0 Å². The Labute approximate surface area is 73.9 Å². The molecule has 3 heteroatoms. The molecule has 66 valence electrons. The van der Waals surface area contributed by atoms with Crippen molar-refractivity contribution in [3.63, 3.8) is 0 Å². The Bertz CT molecular complexity index is 138. The van der Waals surface area contributed by atoms with E-state index in [0.717, 1.165) is 12.8 Å². The number of carbonyl (C=O) groups is 1. The first kappa shape index (κ1) is 10.9. The number of hydrogen-bond acceptors (Lipinski definition) is 2. The van der Waals surface area contributed by atoms with E-state index < -0.39 is 0 Å². The molecule has 1 aliphatic rings. The van der Waals surface area contributed by atoms with Gasteiger partial charge in [0.2, 0.25) is 0 Å². The summed E-state index contributed by atoms with van der Waals surface area (Å²) in [6.07, 6.45) is 4.26. The number of carbonyl (C=O) groups excluding carboxylic acids is 1. The van der Waals surface area contributed by atoms with Crippen molar-refractivity contribution in [2.24, 2.45) is 11.1 Å². The van der Waals surface area contributed by atoms with Gasteiger partial charge in [-0.15, -0.1) is 12.4 Å². The molecule has 2 N–H and O–H groups in total. The van der Waals surface area contributed by atoms with Crippen molar-refractivity contribution in [1.29, 1.82) is 0 Å². The van der Waals surface area contributed by atoms with Crippen LogP contribution in [0.2, 0.25) is 0 Å². The van der Waals surface area contributed by atoms with Crippen molar-refractivity contribution in [3.8, 4) is 0 Å². The van der Waals surface area contributed by atoms with Crippen molar-refractivity contribution in [3.05, 3.63) is 0 Å². The van der Waals surface area contributed by atoms with Gasteiger partial charge in [0.05, 0.1) is 0 Å². The van der Waals surface area contributed by atoms with Crippen LogP contribution in [0.3, 0.4) is 0 Å². The molecule has 0 radical (unpaired) electrons. The van der Waals surface area contributed by atoms with Gasteiger partial charge in [0.25, 0.3) is 0 Å². The SMILES string of the molecule is CC(=O)CC1(CN)CCC1.Cl. The van der Waals surface area contributed by atoms with Gasteiger partial charge in [-0.05, 0) is 31.7 Å². The largest absolute Gasteiger partial charge is 0.330 e. The molecule has 0 aromatic heterocycles. The van der Waals surface area contributed by atoms with E-state index in [1.807, 2.05) is 0 Å². The fourth-order valence-electron chi connectivity index (χ4n) is 1.66. The summed E-state index contributed by atoms with van der Waals surface area (Å²) in [7, 11) is 0. The van der Waals surface area contributed by atoms with Crippen molar-refractivity contribution in [2.75, 3.05) is 6.54 Å². The second-order valence-corrected chi connectivity index (χ2v) is 3.44. The quantitative estimate of drug-likeness (QED) is 0.711. The predicted octanol–water partition coefficient (Wildman–Crippen LogP) is 1.52. The summed E-state index contributed by atoms with van der Waals surface area (Å²) in [4.78, 5) is 10.8. The highest BCUT2D eigenvalue weighted by Gasteiger charge is 2.36. The minimum absolute atomic E-state index is 0. The zero-order valence-corrected chi connectivity index (χ0v) is 7.75. The standard InChI is InChI=1S/C8H15NO.ClH/c1-7(10)5-8(6-9)3-2-4-8;/h2-6,9H2,1H3;1H. The molecule has 0 saturated heterocycles. The third kappa shape index (κ3) is 2.46. The van der Waals surface area contributed by atoms with Crippen LogP contribution in [0.5, 0.6) is 0 Å². The van der Waals surface area contributed by atoms with Gasteiger partial charge in [0.15, 0.2) is 0 Å². The van der Waals surface area contributed by atoms with E-state index in [1.165, 1.54) is 6.42 Å². The molecule has 0 atom stereocenters. The van der Waals surface area contributed by atoms with Crippen LogP contribution >= 0.6 is 12.4 Å². The van der Waals surface area contributed by atoms with Gasteiger partial charge in [-0.3, -0.25) is 0 Å². The average Bonchev–Trinajstić information content (AvgIpc) is 1.78. The molecular weight excluding hydrogens is 162 g/mol. The molecule has 1 rings (SSSR count). The van der Waals surface area contributed by atoms with E-state index in [2.05, 4.69) is 0 Å². The molecule has 0 aromatic carbocycles. The first-order valence-electron chi connectivity index (χ1n) is 3.88. The molecule has 0 heterocycles. The van der Waals surface area contributed by atoms with Crippen LogP contribution < -0.4 is 5.73 Å². The zero-order chi connectivity index (χ0) is 7.61. The highest BCUT2D eigenvalue weighted by atomic mass is 35.5. The number of Topliss-reactive ketones (excluding diaryl/α,β-unsaturated/α-hetero) is 1. The van der Waals surface area contributed by atoms with Crippen molar-refractivity contribution in [1.82, 2.24) is 0 Å². The maximum Gasteiger partial charge on any atom is 0.130 e. The summed E-state index contributed by atoms with van der Waals surface area (Å²) in [6, 6.07) is 0. The molecule has 0 spiro atoms. The molecular formula is C8H16ClNO. The maximum absolute atomic E-state index is 10.8. The van der Waals surface area contributed by atoms with E-state index in [1.54, 1.807) is 6.92 Å². The summed E-state index contributed by atoms with van der Waals surface area (Å²) in [5, 5.41) is 0. The first-order valence-corrected chi connectivity index (χ1v) is 3.88. The molecule has 1 saturated carbocycles. The van der Waals surface area contributed by atoms with Crippen LogP contribution in [0.25, 0.3) is 0 Å². The van der Waals surface area contributed by atoms with Gasteiger partial charge in [-0.25, -0.2) is 0 Å². The smallest absolute Gasteiger partial charge is 0.130 e. The lowest BCUT2D eigenvalue weighted by Gasteiger charge is -2.40. The second kappa shape index (κ2) is 4.07. The summed E-state index contributed by atoms with van der Waals surface area (Å²) < 4.78 is 0. The molecule has 0 bridgehead atoms. The Morgan fingerprint density at radius 2 is 2.09 bits per heavy atom. The molecule has 1 fully saturated rings. The number of nitrogens with two attached hydrogens (primary N) is 1. The van der Waals surface area contributed by atoms with Gasteiger partial charge >= 0.3 is 0 Å². The molecule has 1 aliphatic carbocycles. The Balaban J connectivity index is 0.000001000. The average molecular weight is 178 g/mol. The predicted molar refractivity (Wildman–Crippen MR) is 47.9 cm³/mol. The maximum atomic E-state index is 10.8. The second-order valence-electron chi connectivity index (χ2n) is 3.44. The van der Waals surface area contributed by atoms with Crippen molar-refractivity contribution in [2.45, 2.75) is 32.6 Å². The normalized spacial score (nSPS) is 19.8. The van der Waals surface area contributed by atoms with E-state index in [-0.39, 0.29) is 23.6 Å². The van der Waals surface area contributed by atoms with Crippen LogP contribution in [0, 0.1) is 5.41 Å². The van der Waals surface area contributed by atoms with Crippen LogP contribution in [-0.2, 0) is 4.79 Å². The molecule has 2 nitrogen and oxygen atoms in total. The van der Waals surface area contributed by atoms with Crippen LogP contribution in [-0.4, -0.2) is 12.3 Å². The van der Waals surface area contributed by atoms with Gasteiger partial charge < -0.3 is 10.5 Å². The lowest BCUT2D eigenvalue weighted by molar-refractivity contribution is -0.120. The number of halogens is 1. The number of hydrogen-bond donors (Lipinski definition) is 1. The highest BCUT2D eigenvalue weighted by molar-refractivity contribution is 5.85. The lowest BCUT2D eigenvalue weighted by Crippen LogP contribution is -2.38. The van der Waals surface area contributed by atoms with Gasteiger partial charge in [0, 0.05) is 6.42 Å². The Kier molecular flexibility index (Phi) is 4.04. The van der Waals surface area contributed by atoms with Gasteiger partial charge in [-0.2, -0.15) is 0 Å². The Hall–Kier alpha value is -0.0800. The molecule has 0 aliphatic heterocycles. The van der Waals surface area contributed by atoms with E-state index in [9.17, 15) is 4.79 Å². The summed E-state index contributed by atoms with van der Waals surface area (Å²) in [5.74, 6) is 0.283. The summed E-state index contributed by atoms with van der Waals surface area (Å²) in [5.41, 5.74) is 5.78. The fraction of sp³-hybridized carbons (Fsp3) is 0.875. The Morgan fingerprint density at radius 3 is 2.18 bits per heavy atom. The number of ketones is 1. The third-order valence-electron chi connectivity index (χ3n) is 2.47. The van der Waals surface area contributed by atoms with Gasteiger partial charge in [0.1, 0.15) is 5.78 Å². The number of rotatable bonds is 3. The van der Waals surface area contributed by atoms with Crippen molar-refractivity contribution < 1.29 is 4.79 Å². The summed E-state index contributed by atoms with van der Waals surface area (Å²) in [6.45, 7) is 2.34. The van der Waals surface area contributed by atoms with Crippen molar-refractivity contribution >= 4 is 18.2 Å². The molecule has 11 heavy (non-hydrogen) atoms. The van der Waals surface area contributed by atoms with E-state index in [0.29, 0.717) is 13.0 Å². The summed E-state index contributed by atoms with van der Waals surface area (Å²) >= 11 is 0. The minimum atomic E-state index is 0. The van der Waals surface area contributed by atoms with Crippen LogP contribution in [0.4, 0.5) is 0 Å². The van der Waals surface area contributed by atoms with Crippen LogP contribution in [0.1, 0.15) is 32.6 Å². The molecule has 0 unspecified atom stereocenters. The molecule has 0 aromatic rings. The minimum Gasteiger partial charge on any atom is -0.330 e. The zero-order valence-electron chi connectivity index (χ0n) is 6.93. The highest BCUT2D eigenvalue weighted by Crippen LogP contribution is 2.42. The van der Waals surface area contributed by atoms with Crippen LogP contribution in [0.15, 0.2) is 0 Å². The first-order chi connectivity index (χ1) is 4.68. The molecule has 0 amide bonds. The monoisotopic (exact) mass is 177 g/mol. The van der Waals surface area contributed by atoms with Gasteiger partial charge in [-0.1, -0.05) is 6.42 Å². The fourth-order valence-corrected chi connectivity index (χ4v) is 1.66. The van der Waals surface area contributed by atoms with E-state index in [4.69, 9.17) is 5.73 Å². The Morgan fingerprint density at radius 1 is 1.55 bits per heavy atom. The third-order valence-corrected chi connectivity index (χ3v) is 2.47. The topological polar surface area (TPSA) is 43.1 Å².